The van der Waals surface area contributed by atoms with Crippen molar-refractivity contribution in [3.63, 3.8) is 0 Å². The summed E-state index contributed by atoms with van der Waals surface area (Å²) >= 11 is 7.33. The largest absolute Gasteiger partial charge is 0.387 e. The Hall–Kier alpha value is -0.520. The molecule has 1 atom stereocenters. The minimum Gasteiger partial charge on any atom is -0.387 e. The number of aryl methyl sites for hydroxylation is 1. The van der Waals surface area contributed by atoms with Crippen molar-refractivity contribution >= 4 is 29.2 Å². The van der Waals surface area contributed by atoms with Crippen LogP contribution in [-0.4, -0.2) is 39.2 Å². The molecule has 0 saturated carbocycles. The van der Waals surface area contributed by atoms with Gasteiger partial charge in [0.25, 0.3) is 0 Å². The Morgan fingerprint density at radius 3 is 2.81 bits per heavy atom. The molecule has 0 spiro atoms. The molecule has 0 radical (unpaired) electrons. The molecular formula is C10H16ClN3OS. The smallest absolute Gasteiger partial charge is 0.224 e. The molecule has 2 N–H and O–H groups in total. The summed E-state index contributed by atoms with van der Waals surface area (Å²) < 4.78 is 0. The molecule has 0 fully saturated rings. The third kappa shape index (κ3) is 4.55. The number of nitrogens with one attached hydrogen (secondary N) is 1. The van der Waals surface area contributed by atoms with Crippen molar-refractivity contribution in [2.24, 2.45) is 0 Å². The van der Waals surface area contributed by atoms with Crippen molar-refractivity contribution in [2.75, 3.05) is 23.9 Å². The second-order valence-corrected chi connectivity index (χ2v) is 5.15. The predicted octanol–water partition coefficient (Wildman–Crippen LogP) is 1.96. The Labute approximate surface area is 105 Å². The maximum Gasteiger partial charge on any atom is 0.224 e. The molecule has 4 nitrogen and oxygen atoms in total. The van der Waals surface area contributed by atoms with Gasteiger partial charge in [-0.3, -0.25) is 0 Å². The first kappa shape index (κ1) is 13.5. The minimum absolute atomic E-state index is 0.215. The lowest BCUT2D eigenvalue weighted by Crippen LogP contribution is -2.36. The molecule has 0 aromatic carbocycles. The summed E-state index contributed by atoms with van der Waals surface area (Å²) in [7, 11) is 0. The van der Waals surface area contributed by atoms with Crippen LogP contribution in [0.2, 0.25) is 5.28 Å². The van der Waals surface area contributed by atoms with Crippen LogP contribution in [0.5, 0.6) is 0 Å². The number of hydrogen-bond acceptors (Lipinski definition) is 5. The molecule has 6 heteroatoms. The van der Waals surface area contributed by atoms with E-state index in [4.69, 9.17) is 11.6 Å². The summed E-state index contributed by atoms with van der Waals surface area (Å²) in [4.78, 5) is 7.99. The molecule has 16 heavy (non-hydrogen) atoms. The fourth-order valence-corrected chi connectivity index (χ4v) is 2.21. The van der Waals surface area contributed by atoms with Gasteiger partial charge in [0, 0.05) is 24.1 Å². The molecule has 1 aromatic rings. The lowest BCUT2D eigenvalue weighted by atomic mass is 10.1. The highest BCUT2D eigenvalue weighted by atomic mass is 35.5. The maximum absolute atomic E-state index is 9.95. The van der Waals surface area contributed by atoms with Crippen molar-refractivity contribution in [1.29, 1.82) is 0 Å². The van der Waals surface area contributed by atoms with Crippen LogP contribution in [0.15, 0.2) is 6.07 Å². The van der Waals surface area contributed by atoms with E-state index in [0.29, 0.717) is 18.1 Å². The van der Waals surface area contributed by atoms with Gasteiger partial charge in [-0.15, -0.1) is 0 Å². The van der Waals surface area contributed by atoms with E-state index in [0.717, 1.165) is 5.69 Å². The van der Waals surface area contributed by atoms with Gasteiger partial charge in [-0.2, -0.15) is 11.8 Å². The first-order valence-corrected chi connectivity index (χ1v) is 6.66. The number of halogens is 1. The van der Waals surface area contributed by atoms with Gasteiger partial charge in [-0.25, -0.2) is 9.97 Å². The average molecular weight is 262 g/mol. The summed E-state index contributed by atoms with van der Waals surface area (Å²) in [5.74, 6) is 1.30. The Kier molecular flexibility index (Phi) is 4.83. The Morgan fingerprint density at radius 1 is 1.56 bits per heavy atom. The zero-order valence-electron chi connectivity index (χ0n) is 9.62. The van der Waals surface area contributed by atoms with Crippen LogP contribution in [0, 0.1) is 6.92 Å². The molecular weight excluding hydrogens is 246 g/mol. The predicted molar refractivity (Wildman–Crippen MR) is 69.3 cm³/mol. The van der Waals surface area contributed by atoms with Crippen molar-refractivity contribution < 1.29 is 5.11 Å². The quantitative estimate of drug-likeness (QED) is 0.794. The van der Waals surface area contributed by atoms with Gasteiger partial charge in [-0.1, -0.05) is 0 Å². The second-order valence-electron chi connectivity index (χ2n) is 3.95. The third-order valence-corrected chi connectivity index (χ3v) is 3.01. The molecule has 0 amide bonds. The molecule has 1 heterocycles. The van der Waals surface area contributed by atoms with E-state index in [9.17, 15) is 5.11 Å². The SMILES string of the molecule is CSCC(C)(O)CNc1cc(C)nc(Cl)n1. The van der Waals surface area contributed by atoms with Gasteiger partial charge in [-0.05, 0) is 31.7 Å². The van der Waals surface area contributed by atoms with Crippen LogP contribution in [0.1, 0.15) is 12.6 Å². The molecule has 0 aliphatic heterocycles. The molecule has 0 saturated heterocycles. The summed E-state index contributed by atoms with van der Waals surface area (Å²) in [5.41, 5.74) is 0.0390. The number of rotatable bonds is 5. The molecule has 1 aromatic heterocycles. The van der Waals surface area contributed by atoms with Crippen LogP contribution < -0.4 is 5.32 Å². The van der Waals surface area contributed by atoms with Gasteiger partial charge in [0.2, 0.25) is 5.28 Å². The topological polar surface area (TPSA) is 58.0 Å². The summed E-state index contributed by atoms with van der Waals surface area (Å²) in [6, 6.07) is 1.79. The van der Waals surface area contributed by atoms with Gasteiger partial charge in [0.05, 0.1) is 5.60 Å². The van der Waals surface area contributed by atoms with Crippen molar-refractivity contribution in [1.82, 2.24) is 9.97 Å². The Morgan fingerprint density at radius 2 is 2.25 bits per heavy atom. The first-order chi connectivity index (χ1) is 7.43. The molecule has 0 bridgehead atoms. The van der Waals surface area contributed by atoms with E-state index < -0.39 is 5.60 Å². The molecule has 1 unspecified atom stereocenters. The lowest BCUT2D eigenvalue weighted by Gasteiger charge is -2.22. The normalized spacial score (nSPS) is 14.6. The van der Waals surface area contributed by atoms with Crippen molar-refractivity contribution in [2.45, 2.75) is 19.4 Å². The number of anilines is 1. The van der Waals surface area contributed by atoms with Gasteiger partial charge in [0.1, 0.15) is 5.82 Å². The van der Waals surface area contributed by atoms with E-state index in [1.54, 1.807) is 24.8 Å². The lowest BCUT2D eigenvalue weighted by molar-refractivity contribution is 0.0996. The van der Waals surface area contributed by atoms with Crippen LogP contribution in [0.4, 0.5) is 5.82 Å². The average Bonchev–Trinajstić information content (AvgIpc) is 2.13. The van der Waals surface area contributed by atoms with E-state index in [1.807, 2.05) is 13.2 Å². The summed E-state index contributed by atoms with van der Waals surface area (Å²) in [6.07, 6.45) is 1.96. The van der Waals surface area contributed by atoms with Crippen LogP contribution in [0.25, 0.3) is 0 Å². The summed E-state index contributed by atoms with van der Waals surface area (Å²) in [6.45, 7) is 4.06. The fraction of sp³-hybridized carbons (Fsp3) is 0.600. The number of nitrogens with zero attached hydrogens (tertiary/aromatic N) is 2. The van der Waals surface area contributed by atoms with Crippen LogP contribution >= 0.6 is 23.4 Å². The highest BCUT2D eigenvalue weighted by Gasteiger charge is 2.19. The summed E-state index contributed by atoms with van der Waals surface area (Å²) in [5, 5.41) is 13.2. The zero-order chi connectivity index (χ0) is 12.2. The number of aromatic nitrogens is 2. The monoisotopic (exact) mass is 261 g/mol. The van der Waals surface area contributed by atoms with Gasteiger partial charge >= 0.3 is 0 Å². The zero-order valence-corrected chi connectivity index (χ0v) is 11.2. The fourth-order valence-electron chi connectivity index (χ4n) is 1.27. The number of thioether (sulfide) groups is 1. The van der Waals surface area contributed by atoms with E-state index in [1.165, 1.54) is 0 Å². The van der Waals surface area contributed by atoms with Crippen LogP contribution in [-0.2, 0) is 0 Å². The Balaban J connectivity index is 2.60. The van der Waals surface area contributed by atoms with E-state index >= 15 is 0 Å². The highest BCUT2D eigenvalue weighted by molar-refractivity contribution is 7.98. The molecule has 0 aliphatic rings. The Bertz CT molecular complexity index is 340. The molecule has 90 valence electrons. The van der Waals surface area contributed by atoms with Crippen molar-refractivity contribution in [3.8, 4) is 0 Å². The molecule has 1 rings (SSSR count). The number of aliphatic hydroxyl groups is 1. The standard InChI is InChI=1S/C10H16ClN3OS/c1-7-4-8(14-9(11)13-7)12-5-10(2,15)6-16-3/h4,15H,5-6H2,1-3H3,(H,12,13,14). The van der Waals surface area contributed by atoms with E-state index in [2.05, 4.69) is 15.3 Å². The molecule has 0 aliphatic carbocycles. The number of hydrogen-bond donors (Lipinski definition) is 2. The highest BCUT2D eigenvalue weighted by Crippen LogP contribution is 2.14. The van der Waals surface area contributed by atoms with Crippen molar-refractivity contribution in [3.05, 3.63) is 17.0 Å². The van der Waals surface area contributed by atoms with Gasteiger partial charge in [0.15, 0.2) is 0 Å². The van der Waals surface area contributed by atoms with Gasteiger partial charge < -0.3 is 10.4 Å². The van der Waals surface area contributed by atoms with Crippen LogP contribution in [0.3, 0.4) is 0 Å². The van der Waals surface area contributed by atoms with E-state index in [-0.39, 0.29) is 5.28 Å². The third-order valence-electron chi connectivity index (χ3n) is 1.93. The minimum atomic E-state index is -0.759. The first-order valence-electron chi connectivity index (χ1n) is 4.89. The maximum atomic E-state index is 9.95. The second kappa shape index (κ2) is 5.70.